The summed E-state index contributed by atoms with van der Waals surface area (Å²) in [4.78, 5) is 24.3. The molecule has 0 radical (unpaired) electrons. The molecule has 1 aliphatic rings. The van der Waals surface area contributed by atoms with Gasteiger partial charge in [0.05, 0.1) is 30.3 Å². The van der Waals surface area contributed by atoms with Crippen LogP contribution in [0.1, 0.15) is 61.3 Å². The third kappa shape index (κ3) is 12.3. The van der Waals surface area contributed by atoms with Crippen LogP contribution in [0.15, 0.2) is 61.8 Å². The van der Waals surface area contributed by atoms with Gasteiger partial charge in [-0.05, 0) is 19.3 Å². The van der Waals surface area contributed by atoms with Crippen LogP contribution in [0, 0.1) is 41.4 Å². The van der Waals surface area contributed by atoms with Crippen molar-refractivity contribution in [2.24, 2.45) is 41.4 Å². The molecule has 1 saturated heterocycles. The molecule has 0 aromatic carbocycles. The summed E-state index contributed by atoms with van der Waals surface area (Å²) in [5, 5.41) is 45.4. The quantitative estimate of drug-likeness (QED) is 0.0842. The normalized spacial score (nSPS) is 27.1. The van der Waals surface area contributed by atoms with E-state index in [0.717, 1.165) is 0 Å². The highest BCUT2D eigenvalue weighted by Crippen LogP contribution is 2.30. The number of ether oxygens (including phenoxy) is 2. The molecule has 1 fully saturated rings. The lowest BCUT2D eigenvalue weighted by Gasteiger charge is -2.36. The summed E-state index contributed by atoms with van der Waals surface area (Å²) in [6.45, 7) is 20.5. The molecule has 0 unspecified atom stereocenters. The lowest BCUT2D eigenvalue weighted by Crippen LogP contribution is -2.47. The summed E-state index contributed by atoms with van der Waals surface area (Å²) in [7, 11) is 0. The van der Waals surface area contributed by atoms with Gasteiger partial charge in [0.15, 0.2) is 0 Å². The molecule has 0 bridgehead atoms. The van der Waals surface area contributed by atoms with Crippen LogP contribution in [-0.2, 0) is 14.3 Å². The highest BCUT2D eigenvalue weighted by atomic mass is 16.6. The molecule has 13 atom stereocenters. The fourth-order valence-electron chi connectivity index (χ4n) is 5.51. The zero-order chi connectivity index (χ0) is 33.6. The molecule has 0 spiro atoms. The molecule has 0 aliphatic carbocycles. The molecular formula is C35H57NO8. The van der Waals surface area contributed by atoms with E-state index in [0.29, 0.717) is 6.42 Å². The summed E-state index contributed by atoms with van der Waals surface area (Å²) in [6.07, 6.45) is 9.91. The van der Waals surface area contributed by atoms with Crippen LogP contribution in [0.25, 0.3) is 0 Å². The van der Waals surface area contributed by atoms with Gasteiger partial charge in [0.2, 0.25) is 0 Å². The Morgan fingerprint density at radius 1 is 0.977 bits per heavy atom. The molecule has 44 heavy (non-hydrogen) atoms. The van der Waals surface area contributed by atoms with Gasteiger partial charge in [-0.1, -0.05) is 96.7 Å². The van der Waals surface area contributed by atoms with Crippen molar-refractivity contribution < 1.29 is 39.5 Å². The van der Waals surface area contributed by atoms with Crippen molar-refractivity contribution in [1.29, 1.82) is 0 Å². The Morgan fingerprint density at radius 2 is 1.61 bits per heavy atom. The van der Waals surface area contributed by atoms with E-state index in [1.54, 1.807) is 44.2 Å². The predicted molar refractivity (Wildman–Crippen MR) is 173 cm³/mol. The van der Waals surface area contributed by atoms with Crippen molar-refractivity contribution in [3.63, 3.8) is 0 Å². The molecule has 5 N–H and O–H groups in total. The Morgan fingerprint density at radius 3 is 2.23 bits per heavy atom. The minimum absolute atomic E-state index is 0.145. The molecule has 9 nitrogen and oxygen atoms in total. The monoisotopic (exact) mass is 619 g/mol. The molecule has 1 aliphatic heterocycles. The number of allylic oxidation sites excluding steroid dienone is 3. The molecule has 0 saturated carbocycles. The maximum Gasteiger partial charge on any atom is 0.407 e. The van der Waals surface area contributed by atoms with E-state index in [1.807, 2.05) is 52.8 Å². The fourth-order valence-corrected chi connectivity index (χ4v) is 5.51. The molecule has 0 aromatic rings. The summed E-state index contributed by atoms with van der Waals surface area (Å²) in [6, 6.07) is 0. The summed E-state index contributed by atoms with van der Waals surface area (Å²) >= 11 is 0. The third-order valence-electron chi connectivity index (χ3n) is 8.76. The van der Waals surface area contributed by atoms with Gasteiger partial charge < -0.3 is 35.2 Å². The second-order valence-corrected chi connectivity index (χ2v) is 12.5. The Bertz CT molecular complexity index is 993. The van der Waals surface area contributed by atoms with Crippen molar-refractivity contribution in [1.82, 2.24) is 5.32 Å². The largest absolute Gasteiger partial charge is 0.462 e. The molecule has 0 aromatic heterocycles. The fraction of sp³-hybridized carbons (Fsp3) is 0.657. The third-order valence-corrected chi connectivity index (χ3v) is 8.76. The number of aliphatic hydroxyl groups is 4. The number of cyclic esters (lactones) is 1. The number of carbonyl (C=O) groups is 2. The number of nitrogens with one attached hydrogen (secondary N) is 1. The maximum atomic E-state index is 12.3. The van der Waals surface area contributed by atoms with Crippen LogP contribution in [0.3, 0.4) is 0 Å². The topological polar surface area (TPSA) is 146 Å². The lowest BCUT2D eigenvalue weighted by molar-refractivity contribution is -0.179. The summed E-state index contributed by atoms with van der Waals surface area (Å²) in [5.74, 6) is -2.47. The zero-order valence-corrected chi connectivity index (χ0v) is 27.6. The van der Waals surface area contributed by atoms with Gasteiger partial charge in [0.25, 0.3) is 0 Å². The van der Waals surface area contributed by atoms with Gasteiger partial charge >= 0.3 is 12.1 Å². The van der Waals surface area contributed by atoms with Crippen molar-refractivity contribution in [3.8, 4) is 0 Å². The van der Waals surface area contributed by atoms with E-state index in [1.165, 1.54) is 0 Å². The summed E-state index contributed by atoms with van der Waals surface area (Å²) in [5.41, 5.74) is 0. The van der Waals surface area contributed by atoms with E-state index < -0.39 is 54.6 Å². The SMILES string of the molecule is C=C/C=C\[C@H](C)[C@H](OC(=O)NCC=C)[C@@H](C)[C@H](O)[C@@H](C)C/C=C\[C@H](C)[C@H](O)[C@@H](C)/C=C\[C@@H](O)C[C@@H]1OC(=O)[C@H](C)[C@@H](O)[C@H]1C. The van der Waals surface area contributed by atoms with Crippen LogP contribution >= 0.6 is 0 Å². The van der Waals surface area contributed by atoms with Gasteiger partial charge in [0.1, 0.15) is 12.2 Å². The van der Waals surface area contributed by atoms with E-state index >= 15 is 0 Å². The van der Waals surface area contributed by atoms with Gasteiger partial charge in [0, 0.05) is 42.6 Å². The van der Waals surface area contributed by atoms with E-state index in [4.69, 9.17) is 9.47 Å². The zero-order valence-electron chi connectivity index (χ0n) is 27.6. The molecule has 1 rings (SSSR count). The number of alkyl carbamates (subject to hydrolysis) is 1. The highest BCUT2D eigenvalue weighted by Gasteiger charge is 2.41. The number of hydrogen-bond donors (Lipinski definition) is 5. The van der Waals surface area contributed by atoms with E-state index in [2.05, 4.69) is 18.5 Å². The minimum atomic E-state index is -0.892. The van der Waals surface area contributed by atoms with Crippen molar-refractivity contribution in [2.75, 3.05) is 6.54 Å². The second kappa shape index (κ2) is 19.6. The number of amides is 1. The summed E-state index contributed by atoms with van der Waals surface area (Å²) < 4.78 is 11.1. The predicted octanol–water partition coefficient (Wildman–Crippen LogP) is 4.72. The van der Waals surface area contributed by atoms with Crippen LogP contribution in [-0.4, -0.2) is 75.7 Å². The van der Waals surface area contributed by atoms with Gasteiger partial charge in [-0.3, -0.25) is 4.79 Å². The minimum Gasteiger partial charge on any atom is -0.462 e. The van der Waals surface area contributed by atoms with Gasteiger partial charge in [-0.15, -0.1) is 6.58 Å². The first-order valence-electron chi connectivity index (χ1n) is 15.8. The van der Waals surface area contributed by atoms with Gasteiger partial charge in [-0.25, -0.2) is 4.79 Å². The van der Waals surface area contributed by atoms with Crippen LogP contribution < -0.4 is 5.32 Å². The molecular weight excluding hydrogens is 562 g/mol. The van der Waals surface area contributed by atoms with E-state index in [-0.39, 0.29) is 48.5 Å². The number of esters is 1. The first-order valence-corrected chi connectivity index (χ1v) is 15.8. The number of rotatable bonds is 18. The number of carbonyl (C=O) groups excluding carboxylic acids is 2. The average molecular weight is 620 g/mol. The van der Waals surface area contributed by atoms with Crippen LogP contribution in [0.4, 0.5) is 4.79 Å². The molecule has 1 amide bonds. The highest BCUT2D eigenvalue weighted by molar-refractivity contribution is 5.73. The lowest BCUT2D eigenvalue weighted by atomic mass is 9.82. The molecule has 250 valence electrons. The van der Waals surface area contributed by atoms with E-state index in [9.17, 15) is 30.0 Å². The first-order chi connectivity index (χ1) is 20.7. The Kier molecular flexibility index (Phi) is 17.5. The Balaban J connectivity index is 2.72. The van der Waals surface area contributed by atoms with Crippen molar-refractivity contribution >= 4 is 12.1 Å². The standard InChI is InChI=1S/C35H57NO8/c1-10-12-14-24(6)33(44-35(42)36-19-11-2)26(8)31(39)22(4)16-13-15-21(3)30(38)23(5)17-18-28(37)20-29-25(7)32(40)27(9)34(41)43-29/h10-15,17-18,21-33,37-40H,1-2,16,19-20H2,3-9H3,(H,36,42)/b14-12-,15-13-,18-17-/t21-,22-,23-,24-,25-,26-,27+,28+,29-,30-,31+,32-,33-/m0/s1. The first kappa shape index (κ1) is 39.3. The van der Waals surface area contributed by atoms with Gasteiger partial charge in [-0.2, -0.15) is 0 Å². The number of aliphatic hydroxyl groups excluding tert-OH is 4. The molecule has 1 heterocycles. The average Bonchev–Trinajstić information content (AvgIpc) is 3.00. The van der Waals surface area contributed by atoms with Crippen molar-refractivity contribution in [3.05, 3.63) is 61.8 Å². The van der Waals surface area contributed by atoms with Crippen LogP contribution in [0.2, 0.25) is 0 Å². The van der Waals surface area contributed by atoms with Crippen molar-refractivity contribution in [2.45, 2.75) is 97.9 Å². The number of hydrogen-bond acceptors (Lipinski definition) is 8. The second-order valence-electron chi connectivity index (χ2n) is 12.5. The Hall–Kier alpha value is -2.72. The Labute approximate surface area is 264 Å². The van der Waals surface area contributed by atoms with Crippen LogP contribution in [0.5, 0.6) is 0 Å². The molecule has 9 heteroatoms. The smallest absolute Gasteiger partial charge is 0.407 e. The maximum absolute atomic E-state index is 12.3.